The Labute approximate surface area is 84.7 Å². The third-order valence-electron chi connectivity index (χ3n) is 1.92. The molecule has 13 heavy (non-hydrogen) atoms. The minimum absolute atomic E-state index is 0.692. The molecule has 0 heterocycles. The molecule has 0 spiro atoms. The SMILES string of the molecule is Cc1cc(CSC(C)C)ccc1N. The van der Waals surface area contributed by atoms with Crippen LogP contribution in [0.3, 0.4) is 0 Å². The van der Waals surface area contributed by atoms with Gasteiger partial charge in [-0.15, -0.1) is 0 Å². The lowest BCUT2D eigenvalue weighted by Gasteiger charge is -2.06. The zero-order valence-corrected chi connectivity index (χ0v) is 9.32. The van der Waals surface area contributed by atoms with Gasteiger partial charge in [-0.05, 0) is 29.4 Å². The van der Waals surface area contributed by atoms with Crippen LogP contribution in [0.5, 0.6) is 0 Å². The molecule has 0 fully saturated rings. The van der Waals surface area contributed by atoms with Crippen LogP contribution in [0.25, 0.3) is 0 Å². The number of nitrogen functional groups attached to an aromatic ring is 1. The summed E-state index contributed by atoms with van der Waals surface area (Å²) in [5, 5.41) is 0.692. The van der Waals surface area contributed by atoms with E-state index < -0.39 is 0 Å². The highest BCUT2D eigenvalue weighted by Crippen LogP contribution is 2.20. The van der Waals surface area contributed by atoms with E-state index in [2.05, 4.69) is 32.9 Å². The lowest BCUT2D eigenvalue weighted by atomic mass is 10.1. The normalized spacial score (nSPS) is 10.8. The first-order valence-corrected chi connectivity index (χ1v) is 5.61. The second kappa shape index (κ2) is 4.56. The summed E-state index contributed by atoms with van der Waals surface area (Å²) in [6.07, 6.45) is 0. The largest absolute Gasteiger partial charge is 0.399 e. The molecule has 0 saturated carbocycles. The Hall–Kier alpha value is -0.630. The molecule has 0 atom stereocenters. The summed E-state index contributed by atoms with van der Waals surface area (Å²) in [6, 6.07) is 6.27. The van der Waals surface area contributed by atoms with E-state index in [4.69, 9.17) is 5.73 Å². The van der Waals surface area contributed by atoms with Gasteiger partial charge in [0, 0.05) is 11.4 Å². The Balaban J connectivity index is 2.63. The van der Waals surface area contributed by atoms with E-state index in [0.717, 1.165) is 11.4 Å². The van der Waals surface area contributed by atoms with Gasteiger partial charge in [0.2, 0.25) is 0 Å². The highest BCUT2D eigenvalue weighted by molar-refractivity contribution is 7.99. The minimum atomic E-state index is 0.692. The maximum absolute atomic E-state index is 5.74. The van der Waals surface area contributed by atoms with Crippen LogP contribution >= 0.6 is 11.8 Å². The van der Waals surface area contributed by atoms with Crippen LogP contribution in [-0.2, 0) is 5.75 Å². The lowest BCUT2D eigenvalue weighted by Crippen LogP contribution is -1.93. The van der Waals surface area contributed by atoms with Gasteiger partial charge in [-0.3, -0.25) is 0 Å². The molecule has 0 aromatic heterocycles. The third-order valence-corrected chi connectivity index (χ3v) is 3.08. The molecule has 2 N–H and O–H groups in total. The maximum Gasteiger partial charge on any atom is 0.0343 e. The van der Waals surface area contributed by atoms with Crippen LogP contribution in [0.1, 0.15) is 25.0 Å². The van der Waals surface area contributed by atoms with E-state index in [9.17, 15) is 0 Å². The summed E-state index contributed by atoms with van der Waals surface area (Å²) in [4.78, 5) is 0. The minimum Gasteiger partial charge on any atom is -0.399 e. The molecule has 0 radical (unpaired) electrons. The molecule has 72 valence electrons. The standard InChI is InChI=1S/C11H17NS/c1-8(2)13-7-10-4-5-11(12)9(3)6-10/h4-6,8H,7,12H2,1-3H3. The van der Waals surface area contributed by atoms with Gasteiger partial charge < -0.3 is 5.73 Å². The molecule has 0 saturated heterocycles. The molecule has 0 aliphatic rings. The van der Waals surface area contributed by atoms with Crippen molar-refractivity contribution in [1.29, 1.82) is 0 Å². The van der Waals surface area contributed by atoms with Crippen molar-refractivity contribution in [3.8, 4) is 0 Å². The lowest BCUT2D eigenvalue weighted by molar-refractivity contribution is 1.11. The Morgan fingerprint density at radius 3 is 2.62 bits per heavy atom. The number of nitrogens with two attached hydrogens (primary N) is 1. The summed E-state index contributed by atoms with van der Waals surface area (Å²) in [6.45, 7) is 6.49. The van der Waals surface area contributed by atoms with Crippen LogP contribution in [0.15, 0.2) is 18.2 Å². The van der Waals surface area contributed by atoms with Gasteiger partial charge in [0.1, 0.15) is 0 Å². The fraction of sp³-hybridized carbons (Fsp3) is 0.455. The summed E-state index contributed by atoms with van der Waals surface area (Å²) >= 11 is 1.96. The topological polar surface area (TPSA) is 26.0 Å². The predicted octanol–water partition coefficient (Wildman–Crippen LogP) is 3.22. The second-order valence-corrected chi connectivity index (χ2v) is 5.12. The van der Waals surface area contributed by atoms with Crippen LogP contribution in [0, 0.1) is 6.92 Å². The van der Waals surface area contributed by atoms with E-state index in [1.165, 1.54) is 11.1 Å². The van der Waals surface area contributed by atoms with Crippen molar-refractivity contribution in [3.63, 3.8) is 0 Å². The van der Waals surface area contributed by atoms with Crippen molar-refractivity contribution < 1.29 is 0 Å². The van der Waals surface area contributed by atoms with Crippen LogP contribution in [-0.4, -0.2) is 5.25 Å². The van der Waals surface area contributed by atoms with Crippen molar-refractivity contribution in [2.45, 2.75) is 31.8 Å². The summed E-state index contributed by atoms with van der Waals surface area (Å²) in [5.74, 6) is 1.08. The first kappa shape index (κ1) is 10.5. The van der Waals surface area contributed by atoms with Gasteiger partial charge in [-0.25, -0.2) is 0 Å². The van der Waals surface area contributed by atoms with E-state index in [1.807, 2.05) is 17.8 Å². The van der Waals surface area contributed by atoms with Gasteiger partial charge in [0.05, 0.1) is 0 Å². The molecule has 0 unspecified atom stereocenters. The third kappa shape index (κ3) is 3.31. The Bertz CT molecular complexity index is 281. The van der Waals surface area contributed by atoms with Crippen molar-refractivity contribution in [3.05, 3.63) is 29.3 Å². The zero-order valence-electron chi connectivity index (χ0n) is 8.50. The van der Waals surface area contributed by atoms with Crippen LogP contribution in [0.4, 0.5) is 5.69 Å². The second-order valence-electron chi connectivity index (χ2n) is 3.55. The van der Waals surface area contributed by atoms with Crippen LogP contribution < -0.4 is 5.73 Å². The number of anilines is 1. The highest BCUT2D eigenvalue weighted by Gasteiger charge is 1.99. The molecule has 0 amide bonds. The fourth-order valence-corrected chi connectivity index (χ4v) is 1.80. The van der Waals surface area contributed by atoms with Gasteiger partial charge in [-0.1, -0.05) is 26.0 Å². The van der Waals surface area contributed by atoms with Crippen molar-refractivity contribution >= 4 is 17.4 Å². The Morgan fingerprint density at radius 2 is 2.08 bits per heavy atom. The molecule has 1 nitrogen and oxygen atoms in total. The average Bonchev–Trinajstić information content (AvgIpc) is 2.07. The van der Waals surface area contributed by atoms with Gasteiger partial charge in [0.15, 0.2) is 0 Å². The van der Waals surface area contributed by atoms with Crippen molar-refractivity contribution in [2.24, 2.45) is 0 Å². The maximum atomic E-state index is 5.74. The number of benzene rings is 1. The van der Waals surface area contributed by atoms with Gasteiger partial charge in [0.25, 0.3) is 0 Å². The van der Waals surface area contributed by atoms with Crippen molar-refractivity contribution in [1.82, 2.24) is 0 Å². The predicted molar refractivity (Wildman–Crippen MR) is 62.0 cm³/mol. The smallest absolute Gasteiger partial charge is 0.0343 e. The molecule has 1 aromatic rings. The summed E-state index contributed by atoms with van der Waals surface area (Å²) < 4.78 is 0. The van der Waals surface area contributed by atoms with E-state index in [-0.39, 0.29) is 0 Å². The zero-order chi connectivity index (χ0) is 9.84. The van der Waals surface area contributed by atoms with Gasteiger partial charge >= 0.3 is 0 Å². The molecule has 0 bridgehead atoms. The number of thioether (sulfide) groups is 1. The number of hydrogen-bond acceptors (Lipinski definition) is 2. The highest BCUT2D eigenvalue weighted by atomic mass is 32.2. The first-order chi connectivity index (χ1) is 6.09. The monoisotopic (exact) mass is 195 g/mol. The van der Waals surface area contributed by atoms with E-state index in [0.29, 0.717) is 5.25 Å². The number of rotatable bonds is 3. The van der Waals surface area contributed by atoms with E-state index >= 15 is 0 Å². The quantitative estimate of drug-likeness (QED) is 0.749. The van der Waals surface area contributed by atoms with Crippen LogP contribution in [0.2, 0.25) is 0 Å². The van der Waals surface area contributed by atoms with Gasteiger partial charge in [-0.2, -0.15) is 11.8 Å². The number of aryl methyl sites for hydroxylation is 1. The molecule has 1 rings (SSSR count). The molecular formula is C11H17NS. The molecule has 0 aliphatic heterocycles. The Morgan fingerprint density at radius 1 is 1.38 bits per heavy atom. The van der Waals surface area contributed by atoms with Crippen molar-refractivity contribution in [2.75, 3.05) is 5.73 Å². The summed E-state index contributed by atoms with van der Waals surface area (Å²) in [7, 11) is 0. The number of hydrogen-bond donors (Lipinski definition) is 1. The molecule has 1 aromatic carbocycles. The fourth-order valence-electron chi connectivity index (χ4n) is 1.09. The molecular weight excluding hydrogens is 178 g/mol. The summed E-state index contributed by atoms with van der Waals surface area (Å²) in [5.41, 5.74) is 9.17. The molecule has 0 aliphatic carbocycles. The first-order valence-electron chi connectivity index (χ1n) is 4.56. The molecule has 2 heteroatoms. The van der Waals surface area contributed by atoms with E-state index in [1.54, 1.807) is 0 Å². The average molecular weight is 195 g/mol. The Kier molecular flexibility index (Phi) is 3.67.